The second kappa shape index (κ2) is 7.94. The number of hydrogen-bond donors (Lipinski definition) is 0. The predicted molar refractivity (Wildman–Crippen MR) is 102 cm³/mol. The third kappa shape index (κ3) is 4.03. The molecule has 1 aromatic carbocycles. The number of epoxide rings is 1. The minimum absolute atomic E-state index is 0.0649. The normalized spacial score (nSPS) is 24.5. The van der Waals surface area contributed by atoms with Crippen molar-refractivity contribution in [2.24, 2.45) is 0 Å². The largest absolute Gasteiger partial charge is 0.493 e. The first-order valence-corrected chi connectivity index (χ1v) is 9.41. The van der Waals surface area contributed by atoms with Gasteiger partial charge in [0.25, 0.3) is 0 Å². The van der Waals surface area contributed by atoms with Gasteiger partial charge in [0.1, 0.15) is 6.10 Å². The number of fused-ring (bicyclic) bond motifs is 1. The van der Waals surface area contributed by atoms with Crippen LogP contribution < -0.4 is 14.2 Å². The van der Waals surface area contributed by atoms with E-state index in [4.69, 9.17) is 28.4 Å². The van der Waals surface area contributed by atoms with E-state index in [0.717, 1.165) is 0 Å². The van der Waals surface area contributed by atoms with E-state index in [0.29, 0.717) is 28.4 Å². The van der Waals surface area contributed by atoms with Gasteiger partial charge in [0.15, 0.2) is 23.2 Å². The highest BCUT2D eigenvalue weighted by Gasteiger charge is 2.57. The molecule has 0 aliphatic carbocycles. The van der Waals surface area contributed by atoms with Gasteiger partial charge in [-0.3, -0.25) is 0 Å². The molecule has 2 aliphatic rings. The number of benzene rings is 1. The Morgan fingerprint density at radius 1 is 1.28 bits per heavy atom. The summed E-state index contributed by atoms with van der Waals surface area (Å²) in [5, 5.41) is 0. The third-order valence-corrected chi connectivity index (χ3v) is 5.26. The van der Waals surface area contributed by atoms with Crippen LogP contribution >= 0.6 is 0 Å². The summed E-state index contributed by atoms with van der Waals surface area (Å²) in [6.45, 7) is 8.58. The number of methoxy groups -OCH3 is 1. The summed E-state index contributed by atoms with van der Waals surface area (Å²) in [5.41, 5.74) is 0.0140. The van der Waals surface area contributed by atoms with Crippen LogP contribution in [-0.4, -0.2) is 43.7 Å². The smallest absolute Gasteiger partial charge is 0.341 e. The van der Waals surface area contributed by atoms with Gasteiger partial charge in [0, 0.05) is 11.1 Å². The summed E-state index contributed by atoms with van der Waals surface area (Å²) in [6, 6.07) is 3.37. The highest BCUT2D eigenvalue weighted by molar-refractivity contribution is 5.88. The summed E-state index contributed by atoms with van der Waals surface area (Å²) in [4.78, 5) is 25.0. The summed E-state index contributed by atoms with van der Waals surface area (Å²) < 4.78 is 32.9. The number of carbonyl (C=O) groups is 2. The number of hydrogen-bond acceptors (Lipinski definition) is 8. The van der Waals surface area contributed by atoms with Crippen molar-refractivity contribution in [2.45, 2.75) is 58.5 Å². The Hall–Kier alpha value is -2.74. The second-order valence-corrected chi connectivity index (χ2v) is 7.23. The number of carbonyl (C=O) groups excluding carboxylic acids is 2. The average Bonchev–Trinajstić information content (AvgIpc) is 3.09. The number of esters is 2. The van der Waals surface area contributed by atoms with Crippen molar-refractivity contribution in [3.8, 4) is 17.2 Å². The van der Waals surface area contributed by atoms with Crippen LogP contribution in [0.4, 0.5) is 0 Å². The maximum Gasteiger partial charge on any atom is 0.341 e. The summed E-state index contributed by atoms with van der Waals surface area (Å²) in [5.74, 6) is 0.354. The van der Waals surface area contributed by atoms with Gasteiger partial charge >= 0.3 is 11.9 Å². The summed E-state index contributed by atoms with van der Waals surface area (Å²) in [7, 11) is 1.50. The lowest BCUT2D eigenvalue weighted by Gasteiger charge is -2.26. The number of allylic oxidation sites excluding steroid dienone is 1. The van der Waals surface area contributed by atoms with Gasteiger partial charge in [-0.25, -0.2) is 9.59 Å². The number of ether oxygens (including phenoxy) is 6. The summed E-state index contributed by atoms with van der Waals surface area (Å²) >= 11 is 0. The van der Waals surface area contributed by atoms with Gasteiger partial charge in [-0.2, -0.15) is 0 Å². The monoisotopic (exact) mass is 406 g/mol. The molecule has 0 aromatic heterocycles. The molecule has 0 amide bonds. The van der Waals surface area contributed by atoms with Gasteiger partial charge in [-0.1, -0.05) is 6.08 Å². The van der Waals surface area contributed by atoms with Gasteiger partial charge in [-0.05, 0) is 46.8 Å². The van der Waals surface area contributed by atoms with Crippen molar-refractivity contribution in [3.63, 3.8) is 0 Å². The van der Waals surface area contributed by atoms with Gasteiger partial charge in [0.05, 0.1) is 13.2 Å². The van der Waals surface area contributed by atoms with Gasteiger partial charge < -0.3 is 28.4 Å². The van der Waals surface area contributed by atoms with Gasteiger partial charge in [-0.15, -0.1) is 0 Å². The quantitative estimate of drug-likeness (QED) is 0.387. The number of rotatable bonds is 7. The molecule has 0 N–H and O–H groups in total. The second-order valence-electron chi connectivity index (χ2n) is 7.23. The van der Waals surface area contributed by atoms with E-state index in [2.05, 4.69) is 0 Å². The van der Waals surface area contributed by atoms with Crippen molar-refractivity contribution in [2.75, 3.05) is 13.9 Å². The first kappa shape index (κ1) is 21.0. The van der Waals surface area contributed by atoms with Crippen LogP contribution in [0.15, 0.2) is 23.8 Å². The van der Waals surface area contributed by atoms with Crippen molar-refractivity contribution in [3.05, 3.63) is 29.3 Å². The lowest BCUT2D eigenvalue weighted by atomic mass is 10.0. The molecule has 0 spiro atoms. The predicted octanol–water partition coefficient (Wildman–Crippen LogP) is 3.08. The Kier molecular flexibility index (Phi) is 5.75. The Morgan fingerprint density at radius 3 is 2.55 bits per heavy atom. The van der Waals surface area contributed by atoms with E-state index in [1.807, 2.05) is 0 Å². The molecule has 0 saturated carbocycles. The fourth-order valence-corrected chi connectivity index (χ4v) is 2.97. The molecule has 0 radical (unpaired) electrons. The Balaban J connectivity index is 1.91. The minimum Gasteiger partial charge on any atom is -0.493 e. The lowest BCUT2D eigenvalue weighted by molar-refractivity contribution is -0.168. The fourth-order valence-electron chi connectivity index (χ4n) is 2.97. The SMILES string of the molecule is C/C=C(/C)C(=O)O[C@H](c1cc(OC)c2c(c1)OCO2)[C@@H](C)OC(=O)C1(C)OC1C. The Labute approximate surface area is 169 Å². The van der Waals surface area contributed by atoms with Crippen molar-refractivity contribution < 1.29 is 38.0 Å². The fraction of sp³-hybridized carbons (Fsp3) is 0.524. The highest BCUT2D eigenvalue weighted by atomic mass is 16.7. The molecule has 29 heavy (non-hydrogen) atoms. The van der Waals surface area contributed by atoms with E-state index in [-0.39, 0.29) is 12.9 Å². The lowest BCUT2D eigenvalue weighted by Crippen LogP contribution is -2.33. The topological polar surface area (TPSA) is 92.8 Å². The van der Waals surface area contributed by atoms with Gasteiger partial charge in [0.2, 0.25) is 12.5 Å². The molecule has 1 aromatic rings. The molecule has 8 nitrogen and oxygen atoms in total. The van der Waals surface area contributed by atoms with E-state index in [1.165, 1.54) is 7.11 Å². The zero-order chi connectivity index (χ0) is 21.3. The van der Waals surface area contributed by atoms with Crippen LogP contribution in [0.5, 0.6) is 17.2 Å². The van der Waals surface area contributed by atoms with Crippen molar-refractivity contribution >= 4 is 11.9 Å². The zero-order valence-corrected chi connectivity index (χ0v) is 17.4. The third-order valence-electron chi connectivity index (χ3n) is 5.26. The average molecular weight is 406 g/mol. The maximum absolute atomic E-state index is 12.5. The van der Waals surface area contributed by atoms with Crippen LogP contribution in [0.3, 0.4) is 0 Å². The maximum atomic E-state index is 12.5. The molecule has 4 atom stereocenters. The molecule has 8 heteroatoms. The first-order valence-electron chi connectivity index (χ1n) is 9.41. The van der Waals surface area contributed by atoms with E-state index in [9.17, 15) is 9.59 Å². The molecule has 1 fully saturated rings. The molecule has 2 aliphatic heterocycles. The van der Waals surface area contributed by atoms with Crippen LogP contribution in [-0.2, 0) is 23.8 Å². The molecule has 158 valence electrons. The first-order chi connectivity index (χ1) is 13.7. The van der Waals surface area contributed by atoms with Crippen LogP contribution in [0.25, 0.3) is 0 Å². The standard InChI is InChI=1S/C21H26O8/c1-7-11(2)19(22)28-17(12(3)27-20(23)21(5)13(4)29-21)14-8-15(24-6)18-16(9-14)25-10-26-18/h7-9,12-13,17H,10H2,1-6H3/b11-7-/t12-,13?,17+,21?/m1/s1. The molecular weight excluding hydrogens is 380 g/mol. The molecule has 0 bridgehead atoms. The zero-order valence-electron chi connectivity index (χ0n) is 17.4. The van der Waals surface area contributed by atoms with Crippen LogP contribution in [0.1, 0.15) is 46.3 Å². The van der Waals surface area contributed by atoms with E-state index < -0.39 is 29.7 Å². The van der Waals surface area contributed by atoms with Crippen LogP contribution in [0.2, 0.25) is 0 Å². The minimum atomic E-state index is -0.978. The highest BCUT2D eigenvalue weighted by Crippen LogP contribution is 2.44. The van der Waals surface area contributed by atoms with Crippen LogP contribution in [0, 0.1) is 0 Å². The van der Waals surface area contributed by atoms with Crippen molar-refractivity contribution in [1.82, 2.24) is 0 Å². The van der Waals surface area contributed by atoms with Crippen molar-refractivity contribution in [1.29, 1.82) is 0 Å². The molecule has 1 saturated heterocycles. The molecule has 3 rings (SSSR count). The molecular formula is C21H26O8. The molecule has 2 heterocycles. The molecule has 2 unspecified atom stereocenters. The van der Waals surface area contributed by atoms with E-state index >= 15 is 0 Å². The Morgan fingerprint density at radius 2 is 1.97 bits per heavy atom. The Bertz CT molecular complexity index is 845. The van der Waals surface area contributed by atoms with E-state index in [1.54, 1.807) is 52.8 Å². The summed E-state index contributed by atoms with van der Waals surface area (Å²) in [6.07, 6.45) is -0.243.